The van der Waals surface area contributed by atoms with E-state index < -0.39 is 22.2 Å². The minimum absolute atomic E-state index is 0.0874. The highest BCUT2D eigenvalue weighted by molar-refractivity contribution is 7.88. The molecule has 11 heteroatoms. The summed E-state index contributed by atoms with van der Waals surface area (Å²) in [7, 11) is -2.32. The lowest BCUT2D eigenvalue weighted by molar-refractivity contribution is -0.153. The van der Waals surface area contributed by atoms with E-state index in [1.54, 1.807) is 41.5 Å². The summed E-state index contributed by atoms with van der Waals surface area (Å²) in [4.78, 5) is 6.64. The number of piperidine rings is 1. The molecule has 3 rings (SSSR count). The number of halogens is 3. The van der Waals surface area contributed by atoms with Crippen molar-refractivity contribution < 1.29 is 26.3 Å². The Morgan fingerprint density at radius 3 is 2.57 bits per heavy atom. The van der Waals surface area contributed by atoms with Crippen LogP contribution in [0.5, 0.6) is 0 Å². The molecule has 1 aromatic heterocycles. The first-order valence-electron chi connectivity index (χ1n) is 9.34. The van der Waals surface area contributed by atoms with Gasteiger partial charge in [0, 0.05) is 44.2 Å². The molecule has 0 amide bonds. The van der Waals surface area contributed by atoms with Gasteiger partial charge in [-0.3, -0.25) is 4.90 Å². The van der Waals surface area contributed by atoms with E-state index >= 15 is 0 Å². The third kappa shape index (κ3) is 6.01. The zero-order chi connectivity index (χ0) is 21.9. The van der Waals surface area contributed by atoms with E-state index in [-0.39, 0.29) is 17.6 Å². The van der Waals surface area contributed by atoms with Crippen LogP contribution in [0.3, 0.4) is 0 Å². The number of benzene rings is 1. The molecule has 0 aliphatic carbocycles. The first kappa shape index (κ1) is 23.1. The van der Waals surface area contributed by atoms with Crippen molar-refractivity contribution in [2.75, 3.05) is 26.5 Å². The Balaban J connectivity index is 1.70. The van der Waals surface area contributed by atoms with E-state index in [2.05, 4.69) is 9.88 Å². The number of hydrogen-bond donors (Lipinski definition) is 1. The summed E-state index contributed by atoms with van der Waals surface area (Å²) in [5.41, 5.74) is 0.711. The van der Waals surface area contributed by atoms with Crippen molar-refractivity contribution >= 4 is 21.4 Å². The van der Waals surface area contributed by atoms with Gasteiger partial charge >= 0.3 is 6.18 Å². The predicted molar refractivity (Wildman–Crippen MR) is 109 cm³/mol. The Morgan fingerprint density at radius 1 is 1.33 bits per heavy atom. The molecule has 0 saturated carbocycles. The summed E-state index contributed by atoms with van der Waals surface area (Å²) in [6, 6.07) is 3.60. The molecule has 0 radical (unpaired) electrons. The van der Waals surface area contributed by atoms with Crippen molar-refractivity contribution in [3.05, 3.63) is 52.0 Å². The number of likely N-dealkylation sites (tertiary alicyclic amines) is 1. The molecular weight excluding hydrogens is 439 g/mol. The Kier molecular flexibility index (Phi) is 7.18. The minimum atomic E-state index is -4.73. The largest absolute Gasteiger partial charge is 0.408 e. The van der Waals surface area contributed by atoms with Gasteiger partial charge in [0.05, 0.1) is 17.4 Å². The predicted octanol–water partition coefficient (Wildman–Crippen LogP) is 3.30. The molecule has 2 aromatic rings. The number of aromatic nitrogens is 1. The summed E-state index contributed by atoms with van der Waals surface area (Å²) in [6.07, 6.45) is -1.32. The van der Waals surface area contributed by atoms with Crippen LogP contribution in [0.4, 0.5) is 13.2 Å². The fraction of sp³-hybridized carbons (Fsp3) is 0.526. The molecule has 0 bridgehead atoms. The van der Waals surface area contributed by atoms with E-state index in [1.165, 1.54) is 12.1 Å². The van der Waals surface area contributed by atoms with Crippen LogP contribution in [0.2, 0.25) is 0 Å². The molecule has 1 fully saturated rings. The van der Waals surface area contributed by atoms with Crippen LogP contribution < -0.4 is 4.72 Å². The van der Waals surface area contributed by atoms with E-state index in [0.717, 1.165) is 30.1 Å². The zero-order valence-corrected chi connectivity index (χ0v) is 18.2. The van der Waals surface area contributed by atoms with Gasteiger partial charge in [0.2, 0.25) is 10.0 Å². The second-order valence-corrected chi connectivity index (χ2v) is 10.1. The van der Waals surface area contributed by atoms with Gasteiger partial charge in [0.1, 0.15) is 6.04 Å². The molecule has 1 N–H and O–H groups in total. The van der Waals surface area contributed by atoms with Crippen molar-refractivity contribution in [3.8, 4) is 0 Å². The minimum Gasteiger partial charge on any atom is -0.381 e. The second kappa shape index (κ2) is 9.31. The SMILES string of the molecule is COC1CCN(Cc2ccc([C@H](NS(C)(=O)=O)C(F)(F)F)cc2)CC1c1nccs1. The quantitative estimate of drug-likeness (QED) is 0.682. The number of methoxy groups -OCH3 is 1. The molecule has 30 heavy (non-hydrogen) atoms. The molecule has 3 atom stereocenters. The van der Waals surface area contributed by atoms with Gasteiger partial charge in [-0.1, -0.05) is 24.3 Å². The highest BCUT2D eigenvalue weighted by Gasteiger charge is 2.42. The maximum absolute atomic E-state index is 13.3. The standard InChI is InChI=1S/C19H24F3N3O3S2/c1-28-16-7-9-25(12-15(16)18-23-8-10-29-18)11-13-3-5-14(6-4-13)17(19(20,21)22)24-30(2,26)27/h3-6,8,10,15-17,24H,7,9,11-12H2,1-2H3/t15?,16?,17-/m0/s1. The topological polar surface area (TPSA) is 71.5 Å². The lowest BCUT2D eigenvalue weighted by Gasteiger charge is -2.37. The van der Waals surface area contributed by atoms with Crippen LogP contribution >= 0.6 is 11.3 Å². The van der Waals surface area contributed by atoms with E-state index in [9.17, 15) is 21.6 Å². The van der Waals surface area contributed by atoms with Gasteiger partial charge in [0.25, 0.3) is 0 Å². The number of rotatable bonds is 7. The molecule has 2 heterocycles. The lowest BCUT2D eigenvalue weighted by Crippen LogP contribution is -2.42. The number of nitrogens with one attached hydrogen (secondary N) is 1. The normalized spacial score (nSPS) is 22.2. The van der Waals surface area contributed by atoms with Crippen molar-refractivity contribution in [3.63, 3.8) is 0 Å². The van der Waals surface area contributed by atoms with Gasteiger partial charge in [0.15, 0.2) is 0 Å². The van der Waals surface area contributed by atoms with Crippen molar-refractivity contribution in [1.29, 1.82) is 0 Å². The molecule has 6 nitrogen and oxygen atoms in total. The molecular formula is C19H24F3N3O3S2. The fourth-order valence-corrected chi connectivity index (χ4v) is 5.17. The summed E-state index contributed by atoms with van der Waals surface area (Å²) >= 11 is 1.59. The third-order valence-corrected chi connectivity index (χ3v) is 6.65. The average molecular weight is 464 g/mol. The Hall–Kier alpha value is -1.53. The van der Waals surface area contributed by atoms with E-state index in [4.69, 9.17) is 4.74 Å². The smallest absolute Gasteiger partial charge is 0.381 e. The van der Waals surface area contributed by atoms with E-state index in [0.29, 0.717) is 12.8 Å². The molecule has 166 valence electrons. The summed E-state index contributed by atoms with van der Waals surface area (Å²) in [5.74, 6) is 0.150. The monoisotopic (exact) mass is 463 g/mol. The first-order chi connectivity index (χ1) is 14.1. The number of ether oxygens (including phenoxy) is 1. The van der Waals surface area contributed by atoms with Crippen LogP contribution in [-0.2, 0) is 21.3 Å². The van der Waals surface area contributed by atoms with Gasteiger partial charge in [-0.25, -0.2) is 13.4 Å². The van der Waals surface area contributed by atoms with Crippen LogP contribution in [0.25, 0.3) is 0 Å². The number of hydrogen-bond acceptors (Lipinski definition) is 6. The summed E-state index contributed by atoms with van der Waals surface area (Å²) < 4.78 is 69.9. The number of alkyl halides is 3. The second-order valence-electron chi connectivity index (χ2n) is 7.38. The Morgan fingerprint density at radius 2 is 2.03 bits per heavy atom. The first-order valence-corrected chi connectivity index (χ1v) is 12.1. The molecule has 2 unspecified atom stereocenters. The third-order valence-electron chi connectivity index (χ3n) is 5.08. The van der Waals surface area contributed by atoms with Gasteiger partial charge in [-0.05, 0) is 17.5 Å². The van der Waals surface area contributed by atoms with Gasteiger partial charge in [-0.15, -0.1) is 11.3 Å². The summed E-state index contributed by atoms with van der Waals surface area (Å²) in [5, 5.41) is 2.95. The van der Waals surface area contributed by atoms with Crippen LogP contribution in [-0.4, -0.2) is 57.0 Å². The molecule has 1 aliphatic heterocycles. The number of nitrogens with zero attached hydrogens (tertiary/aromatic N) is 2. The maximum Gasteiger partial charge on any atom is 0.408 e. The Bertz CT molecular complexity index is 919. The lowest BCUT2D eigenvalue weighted by atomic mass is 9.94. The zero-order valence-electron chi connectivity index (χ0n) is 16.6. The van der Waals surface area contributed by atoms with Crippen molar-refractivity contribution in [2.45, 2.75) is 37.2 Å². The van der Waals surface area contributed by atoms with Gasteiger partial charge in [-0.2, -0.15) is 17.9 Å². The maximum atomic E-state index is 13.3. The van der Waals surface area contributed by atoms with Crippen molar-refractivity contribution in [2.24, 2.45) is 0 Å². The molecule has 1 saturated heterocycles. The number of thiazole rings is 1. The van der Waals surface area contributed by atoms with Crippen LogP contribution in [0.1, 0.15) is 34.5 Å². The van der Waals surface area contributed by atoms with Crippen molar-refractivity contribution in [1.82, 2.24) is 14.6 Å². The van der Waals surface area contributed by atoms with Crippen LogP contribution in [0, 0.1) is 0 Å². The molecule has 0 spiro atoms. The molecule has 1 aliphatic rings. The average Bonchev–Trinajstić information content (AvgIpc) is 3.20. The highest BCUT2D eigenvalue weighted by Crippen LogP contribution is 2.34. The van der Waals surface area contributed by atoms with Crippen LogP contribution in [0.15, 0.2) is 35.8 Å². The highest BCUT2D eigenvalue weighted by atomic mass is 32.2. The Labute approximate surface area is 178 Å². The van der Waals surface area contributed by atoms with E-state index in [1.807, 2.05) is 5.38 Å². The number of sulfonamides is 1. The fourth-order valence-electron chi connectivity index (χ4n) is 3.69. The van der Waals surface area contributed by atoms with Gasteiger partial charge < -0.3 is 4.74 Å². The molecule has 1 aromatic carbocycles. The summed E-state index contributed by atoms with van der Waals surface area (Å²) in [6.45, 7) is 2.13.